The molecule has 0 amide bonds. The largest absolute Gasteiger partial charge is 0.481 e. The Morgan fingerprint density at radius 3 is 2.54 bits per heavy atom. The fourth-order valence-corrected chi connectivity index (χ4v) is 0.650. The maximum atomic E-state index is 10.9. The molecule has 0 saturated carbocycles. The summed E-state index contributed by atoms with van der Waals surface area (Å²) in [6, 6.07) is -0.928. The van der Waals surface area contributed by atoms with Crippen LogP contribution in [-0.4, -0.2) is 41.4 Å². The number of aliphatic hydroxyl groups excluding tert-OH is 1. The second-order valence-corrected chi connectivity index (χ2v) is 2.43. The van der Waals surface area contributed by atoms with Crippen LogP contribution >= 0.6 is 0 Å². The molecule has 0 aromatic carbocycles. The van der Waals surface area contributed by atoms with Crippen LogP contribution in [0.3, 0.4) is 0 Å². The summed E-state index contributed by atoms with van der Waals surface area (Å²) in [5, 5.41) is 16.6. The zero-order chi connectivity index (χ0) is 10.3. The first-order valence-corrected chi connectivity index (χ1v) is 3.82. The van der Waals surface area contributed by atoms with Crippen molar-refractivity contribution in [2.75, 3.05) is 13.2 Å². The molecule has 0 aliphatic rings. The van der Waals surface area contributed by atoms with Gasteiger partial charge in [0, 0.05) is 6.42 Å². The van der Waals surface area contributed by atoms with Crippen molar-refractivity contribution in [3.8, 4) is 0 Å². The molecule has 0 radical (unpaired) electrons. The molecule has 13 heavy (non-hydrogen) atoms. The Hall–Kier alpha value is -1.14. The molecule has 0 aliphatic heterocycles. The molecular weight excluding hydrogens is 178 g/mol. The van der Waals surface area contributed by atoms with Gasteiger partial charge in [0.15, 0.2) is 0 Å². The van der Waals surface area contributed by atoms with Gasteiger partial charge in [-0.15, -0.1) is 0 Å². The first-order valence-electron chi connectivity index (χ1n) is 3.82. The summed E-state index contributed by atoms with van der Waals surface area (Å²) in [5.41, 5.74) is 5.29. The predicted molar refractivity (Wildman–Crippen MR) is 42.9 cm³/mol. The zero-order valence-electron chi connectivity index (χ0n) is 7.10. The van der Waals surface area contributed by atoms with E-state index in [0.29, 0.717) is 0 Å². The summed E-state index contributed by atoms with van der Waals surface area (Å²) in [7, 11) is 0. The van der Waals surface area contributed by atoms with Gasteiger partial charge in [-0.3, -0.25) is 9.59 Å². The topological polar surface area (TPSA) is 110 Å². The number of nitrogens with two attached hydrogens (primary N) is 1. The standard InChI is InChI=1S/C7H13NO5/c8-5(1-2-6(10)11)7(12)13-4-3-9/h5,9H,1-4,8H2,(H,10,11)/t5-/m0/s1. The molecule has 0 heterocycles. The summed E-state index contributed by atoms with van der Waals surface area (Å²) in [4.78, 5) is 21.0. The third-order valence-electron chi connectivity index (χ3n) is 1.31. The summed E-state index contributed by atoms with van der Waals surface area (Å²) < 4.78 is 4.48. The SMILES string of the molecule is N[C@@H](CCC(=O)O)C(=O)OCCO. The van der Waals surface area contributed by atoms with E-state index < -0.39 is 18.0 Å². The van der Waals surface area contributed by atoms with E-state index >= 15 is 0 Å². The minimum absolute atomic E-state index is 0.0413. The Morgan fingerprint density at radius 2 is 2.08 bits per heavy atom. The Kier molecular flexibility index (Phi) is 5.82. The van der Waals surface area contributed by atoms with Crippen molar-refractivity contribution < 1.29 is 24.5 Å². The maximum Gasteiger partial charge on any atom is 0.323 e. The van der Waals surface area contributed by atoms with E-state index in [0.717, 1.165) is 0 Å². The summed E-state index contributed by atoms with van der Waals surface area (Å²) >= 11 is 0. The summed E-state index contributed by atoms with van der Waals surface area (Å²) in [5.74, 6) is -1.69. The van der Waals surface area contributed by atoms with Crippen LogP contribution in [0.1, 0.15) is 12.8 Å². The van der Waals surface area contributed by atoms with Gasteiger partial charge in [0.1, 0.15) is 12.6 Å². The Morgan fingerprint density at radius 1 is 1.46 bits per heavy atom. The molecule has 6 nitrogen and oxygen atoms in total. The smallest absolute Gasteiger partial charge is 0.323 e. The molecule has 0 saturated heterocycles. The molecule has 6 heteroatoms. The van der Waals surface area contributed by atoms with E-state index in [1.807, 2.05) is 0 Å². The van der Waals surface area contributed by atoms with Crippen LogP contribution in [0.5, 0.6) is 0 Å². The lowest BCUT2D eigenvalue weighted by Gasteiger charge is -2.08. The van der Waals surface area contributed by atoms with Crippen LogP contribution in [0.25, 0.3) is 0 Å². The molecule has 4 N–H and O–H groups in total. The second kappa shape index (κ2) is 6.38. The van der Waals surface area contributed by atoms with Crippen molar-refractivity contribution in [3.05, 3.63) is 0 Å². The molecule has 76 valence electrons. The highest BCUT2D eigenvalue weighted by Crippen LogP contribution is 1.96. The molecule has 0 aromatic rings. The number of hydrogen-bond acceptors (Lipinski definition) is 5. The average molecular weight is 191 g/mol. The molecule has 0 spiro atoms. The van der Waals surface area contributed by atoms with E-state index in [1.54, 1.807) is 0 Å². The van der Waals surface area contributed by atoms with Crippen LogP contribution in [0, 0.1) is 0 Å². The van der Waals surface area contributed by atoms with Gasteiger partial charge in [-0.05, 0) is 6.42 Å². The molecule has 0 unspecified atom stereocenters. The molecule has 0 aromatic heterocycles. The number of rotatable bonds is 6. The highest BCUT2D eigenvalue weighted by atomic mass is 16.5. The number of hydrogen-bond donors (Lipinski definition) is 3. The number of carboxylic acid groups (broad SMARTS) is 1. The maximum absolute atomic E-state index is 10.9. The normalized spacial score (nSPS) is 12.2. The zero-order valence-corrected chi connectivity index (χ0v) is 7.10. The van der Waals surface area contributed by atoms with Crippen LogP contribution in [0.4, 0.5) is 0 Å². The molecule has 0 bridgehead atoms. The van der Waals surface area contributed by atoms with E-state index in [4.69, 9.17) is 15.9 Å². The highest BCUT2D eigenvalue weighted by molar-refractivity contribution is 5.76. The van der Waals surface area contributed by atoms with Crippen molar-refractivity contribution in [1.82, 2.24) is 0 Å². The summed E-state index contributed by atoms with van der Waals surface area (Å²) in [6.07, 6.45) is -0.130. The Labute approximate surface area is 75.3 Å². The molecule has 1 atom stereocenters. The number of ether oxygens (including phenoxy) is 1. The van der Waals surface area contributed by atoms with Crippen molar-refractivity contribution in [2.24, 2.45) is 5.73 Å². The number of esters is 1. The number of aliphatic carboxylic acids is 1. The monoisotopic (exact) mass is 191 g/mol. The minimum atomic E-state index is -1.01. The predicted octanol–water partition coefficient (Wildman–Crippen LogP) is -1.29. The van der Waals surface area contributed by atoms with Gasteiger partial charge in [-0.25, -0.2) is 0 Å². The van der Waals surface area contributed by atoms with Gasteiger partial charge >= 0.3 is 11.9 Å². The van der Waals surface area contributed by atoms with Crippen LogP contribution < -0.4 is 5.73 Å². The fraction of sp³-hybridized carbons (Fsp3) is 0.714. The van der Waals surface area contributed by atoms with E-state index in [1.165, 1.54) is 0 Å². The van der Waals surface area contributed by atoms with E-state index in [9.17, 15) is 9.59 Å². The minimum Gasteiger partial charge on any atom is -0.481 e. The van der Waals surface area contributed by atoms with Crippen LogP contribution in [-0.2, 0) is 14.3 Å². The Bertz CT molecular complexity index is 182. The van der Waals surface area contributed by atoms with Crippen molar-refractivity contribution in [1.29, 1.82) is 0 Å². The molecule has 0 aliphatic carbocycles. The van der Waals surface area contributed by atoms with Gasteiger partial charge in [-0.2, -0.15) is 0 Å². The van der Waals surface area contributed by atoms with E-state index in [2.05, 4.69) is 4.74 Å². The van der Waals surface area contributed by atoms with Gasteiger partial charge in [-0.1, -0.05) is 0 Å². The number of carboxylic acids is 1. The van der Waals surface area contributed by atoms with Gasteiger partial charge in [0.2, 0.25) is 0 Å². The average Bonchev–Trinajstić information content (AvgIpc) is 2.10. The molecule has 0 fully saturated rings. The fourth-order valence-electron chi connectivity index (χ4n) is 0.650. The third kappa shape index (κ3) is 6.06. The first-order chi connectivity index (χ1) is 6.07. The number of aliphatic hydroxyl groups is 1. The van der Waals surface area contributed by atoms with Crippen molar-refractivity contribution in [3.63, 3.8) is 0 Å². The lowest BCUT2D eigenvalue weighted by Crippen LogP contribution is -2.33. The van der Waals surface area contributed by atoms with Crippen molar-refractivity contribution in [2.45, 2.75) is 18.9 Å². The van der Waals surface area contributed by atoms with Gasteiger partial charge in [0.05, 0.1) is 6.61 Å². The van der Waals surface area contributed by atoms with Crippen LogP contribution in [0.2, 0.25) is 0 Å². The lowest BCUT2D eigenvalue weighted by molar-refractivity contribution is -0.146. The second-order valence-electron chi connectivity index (χ2n) is 2.43. The van der Waals surface area contributed by atoms with Gasteiger partial charge in [0.25, 0.3) is 0 Å². The van der Waals surface area contributed by atoms with Crippen LogP contribution in [0.15, 0.2) is 0 Å². The van der Waals surface area contributed by atoms with Crippen molar-refractivity contribution >= 4 is 11.9 Å². The first kappa shape index (κ1) is 11.9. The quantitative estimate of drug-likeness (QED) is 0.451. The number of carbonyl (C=O) groups is 2. The molecular formula is C7H13NO5. The summed E-state index contributed by atoms with van der Waals surface area (Å²) in [6.45, 7) is -0.378. The lowest BCUT2D eigenvalue weighted by atomic mass is 10.2. The third-order valence-corrected chi connectivity index (χ3v) is 1.31. The Balaban J connectivity index is 3.62. The highest BCUT2D eigenvalue weighted by Gasteiger charge is 2.15. The number of carbonyl (C=O) groups excluding carboxylic acids is 1. The molecule has 0 rings (SSSR count). The van der Waals surface area contributed by atoms with Gasteiger partial charge < -0.3 is 20.7 Å². The van der Waals surface area contributed by atoms with E-state index in [-0.39, 0.29) is 26.1 Å².